The lowest BCUT2D eigenvalue weighted by Crippen LogP contribution is -2.52. The Kier molecular flexibility index (Phi) is 5.21. The highest BCUT2D eigenvalue weighted by Gasteiger charge is 2.30. The molecule has 1 aliphatic heterocycles. The van der Waals surface area contributed by atoms with Crippen LogP contribution in [0.25, 0.3) is 0 Å². The fraction of sp³-hybridized carbons (Fsp3) is 0.556. The molecular weight excluding hydrogens is 312 g/mol. The second-order valence-electron chi connectivity index (χ2n) is 6.43. The van der Waals surface area contributed by atoms with Gasteiger partial charge in [-0.3, -0.25) is 9.59 Å². The number of carbonyl (C=O) groups is 2. The summed E-state index contributed by atoms with van der Waals surface area (Å²) in [5, 5.41) is 0.484. The van der Waals surface area contributed by atoms with E-state index >= 15 is 0 Å². The number of amides is 2. The van der Waals surface area contributed by atoms with Crippen molar-refractivity contribution in [3.05, 3.63) is 34.9 Å². The molecule has 1 heterocycles. The Labute approximate surface area is 142 Å². The Morgan fingerprint density at radius 3 is 2.17 bits per heavy atom. The average Bonchev–Trinajstić information content (AvgIpc) is 2.62. The molecule has 1 aromatic rings. The van der Waals surface area contributed by atoms with Gasteiger partial charge < -0.3 is 9.80 Å². The summed E-state index contributed by atoms with van der Waals surface area (Å²) in [7, 11) is 0. The molecule has 5 heteroatoms. The van der Waals surface area contributed by atoms with E-state index in [0.717, 1.165) is 12.8 Å². The molecule has 1 aromatic carbocycles. The fourth-order valence-corrected chi connectivity index (χ4v) is 3.76. The maximum atomic E-state index is 12.6. The zero-order valence-corrected chi connectivity index (χ0v) is 14.1. The molecule has 0 radical (unpaired) electrons. The van der Waals surface area contributed by atoms with Crippen molar-refractivity contribution >= 4 is 23.4 Å². The van der Waals surface area contributed by atoms with Gasteiger partial charge >= 0.3 is 0 Å². The number of carbonyl (C=O) groups excluding carboxylic acids is 2. The topological polar surface area (TPSA) is 40.6 Å². The van der Waals surface area contributed by atoms with Crippen molar-refractivity contribution in [2.75, 3.05) is 26.2 Å². The molecular formula is C18H23ClN2O2. The van der Waals surface area contributed by atoms with Gasteiger partial charge in [-0.05, 0) is 25.0 Å². The minimum atomic E-state index is -0.0413. The Hall–Kier alpha value is -1.55. The first kappa shape index (κ1) is 16.3. The quantitative estimate of drug-likeness (QED) is 0.833. The smallest absolute Gasteiger partial charge is 0.255 e. The highest BCUT2D eigenvalue weighted by molar-refractivity contribution is 6.33. The van der Waals surface area contributed by atoms with E-state index in [9.17, 15) is 9.59 Å². The van der Waals surface area contributed by atoms with E-state index in [4.69, 9.17) is 11.6 Å². The molecule has 0 bridgehead atoms. The second-order valence-corrected chi connectivity index (χ2v) is 6.84. The zero-order valence-electron chi connectivity index (χ0n) is 13.3. The van der Waals surface area contributed by atoms with Crippen LogP contribution >= 0.6 is 11.6 Å². The molecule has 4 nitrogen and oxygen atoms in total. The van der Waals surface area contributed by atoms with Gasteiger partial charge in [-0.25, -0.2) is 0 Å². The minimum absolute atomic E-state index is 0.0413. The standard InChI is InChI=1S/C18H23ClN2O2/c19-16-9-5-4-8-15(16)18(23)21-12-10-20(11-13-21)17(22)14-6-2-1-3-7-14/h4-5,8-9,14H,1-3,6-7,10-13H2. The van der Waals surface area contributed by atoms with Crippen molar-refractivity contribution in [1.82, 2.24) is 9.80 Å². The summed E-state index contributed by atoms with van der Waals surface area (Å²) < 4.78 is 0. The lowest BCUT2D eigenvalue weighted by molar-refractivity contribution is -0.138. The number of rotatable bonds is 2. The van der Waals surface area contributed by atoms with Gasteiger partial charge in [-0.15, -0.1) is 0 Å². The molecule has 0 spiro atoms. The van der Waals surface area contributed by atoms with Crippen LogP contribution in [0.3, 0.4) is 0 Å². The molecule has 2 amide bonds. The zero-order chi connectivity index (χ0) is 16.2. The van der Waals surface area contributed by atoms with Gasteiger partial charge in [0, 0.05) is 32.1 Å². The van der Waals surface area contributed by atoms with E-state index in [-0.39, 0.29) is 17.7 Å². The molecule has 1 saturated heterocycles. The molecule has 0 N–H and O–H groups in total. The molecule has 1 aliphatic carbocycles. The SMILES string of the molecule is O=C(c1ccccc1Cl)N1CCN(C(=O)C2CCCCC2)CC1. The summed E-state index contributed by atoms with van der Waals surface area (Å²) in [6.07, 6.45) is 5.64. The van der Waals surface area contributed by atoms with E-state index in [2.05, 4.69) is 0 Å². The van der Waals surface area contributed by atoms with Crippen molar-refractivity contribution in [3.63, 3.8) is 0 Å². The van der Waals surface area contributed by atoms with Crippen LogP contribution in [0, 0.1) is 5.92 Å². The molecule has 2 fully saturated rings. The van der Waals surface area contributed by atoms with Gasteiger partial charge in [0.1, 0.15) is 0 Å². The second kappa shape index (κ2) is 7.35. The van der Waals surface area contributed by atoms with Crippen LogP contribution in [0.4, 0.5) is 0 Å². The predicted octanol–water partition coefficient (Wildman–Crippen LogP) is 3.20. The van der Waals surface area contributed by atoms with Crippen LogP contribution in [0.2, 0.25) is 5.02 Å². The number of nitrogens with zero attached hydrogens (tertiary/aromatic N) is 2. The van der Waals surface area contributed by atoms with Crippen LogP contribution in [0.1, 0.15) is 42.5 Å². The largest absolute Gasteiger partial charge is 0.339 e. The summed E-state index contributed by atoms with van der Waals surface area (Å²) in [6.45, 7) is 2.43. The Balaban J connectivity index is 1.57. The maximum Gasteiger partial charge on any atom is 0.255 e. The monoisotopic (exact) mass is 334 g/mol. The van der Waals surface area contributed by atoms with Crippen molar-refractivity contribution in [2.45, 2.75) is 32.1 Å². The predicted molar refractivity (Wildman–Crippen MR) is 90.5 cm³/mol. The summed E-state index contributed by atoms with van der Waals surface area (Å²) in [6, 6.07) is 7.13. The summed E-state index contributed by atoms with van der Waals surface area (Å²) >= 11 is 6.11. The molecule has 0 atom stereocenters. The lowest BCUT2D eigenvalue weighted by Gasteiger charge is -2.37. The van der Waals surface area contributed by atoms with E-state index in [1.807, 2.05) is 17.0 Å². The first-order chi connectivity index (χ1) is 11.2. The van der Waals surface area contributed by atoms with E-state index in [0.29, 0.717) is 36.8 Å². The summed E-state index contributed by atoms with van der Waals surface area (Å²) in [5.74, 6) is 0.449. The number of benzene rings is 1. The third-order valence-electron chi connectivity index (χ3n) is 4.94. The van der Waals surface area contributed by atoms with Crippen LogP contribution in [-0.2, 0) is 4.79 Å². The third-order valence-corrected chi connectivity index (χ3v) is 5.27. The molecule has 3 rings (SSSR count). The molecule has 0 aromatic heterocycles. The third kappa shape index (κ3) is 3.69. The van der Waals surface area contributed by atoms with Crippen LogP contribution < -0.4 is 0 Å². The fourth-order valence-electron chi connectivity index (χ4n) is 3.54. The van der Waals surface area contributed by atoms with Crippen molar-refractivity contribution in [1.29, 1.82) is 0 Å². The minimum Gasteiger partial charge on any atom is -0.339 e. The van der Waals surface area contributed by atoms with Gasteiger partial charge in [0.2, 0.25) is 5.91 Å². The first-order valence-corrected chi connectivity index (χ1v) is 8.87. The van der Waals surface area contributed by atoms with Gasteiger partial charge in [-0.2, -0.15) is 0 Å². The Morgan fingerprint density at radius 1 is 0.913 bits per heavy atom. The number of hydrogen-bond donors (Lipinski definition) is 0. The Bertz CT molecular complexity index is 576. The summed E-state index contributed by atoms with van der Waals surface area (Å²) in [5.41, 5.74) is 0.543. The van der Waals surface area contributed by atoms with E-state index in [1.165, 1.54) is 19.3 Å². The van der Waals surface area contributed by atoms with E-state index in [1.54, 1.807) is 17.0 Å². The molecule has 0 unspecified atom stereocenters. The van der Waals surface area contributed by atoms with Crippen molar-refractivity contribution in [2.24, 2.45) is 5.92 Å². The maximum absolute atomic E-state index is 12.6. The molecule has 2 aliphatic rings. The average molecular weight is 335 g/mol. The molecule has 1 saturated carbocycles. The number of piperazine rings is 1. The normalized spacial score (nSPS) is 19.7. The van der Waals surface area contributed by atoms with Crippen LogP contribution in [-0.4, -0.2) is 47.8 Å². The van der Waals surface area contributed by atoms with Gasteiger partial charge in [0.15, 0.2) is 0 Å². The van der Waals surface area contributed by atoms with Gasteiger partial charge in [-0.1, -0.05) is 43.0 Å². The van der Waals surface area contributed by atoms with Crippen molar-refractivity contribution in [3.8, 4) is 0 Å². The van der Waals surface area contributed by atoms with Crippen LogP contribution in [0.5, 0.6) is 0 Å². The highest BCUT2D eigenvalue weighted by atomic mass is 35.5. The Morgan fingerprint density at radius 2 is 1.52 bits per heavy atom. The van der Waals surface area contributed by atoms with Crippen LogP contribution in [0.15, 0.2) is 24.3 Å². The number of hydrogen-bond acceptors (Lipinski definition) is 2. The highest BCUT2D eigenvalue weighted by Crippen LogP contribution is 2.26. The van der Waals surface area contributed by atoms with E-state index < -0.39 is 0 Å². The molecule has 124 valence electrons. The summed E-state index contributed by atoms with van der Waals surface area (Å²) in [4.78, 5) is 28.8. The first-order valence-electron chi connectivity index (χ1n) is 8.49. The molecule has 23 heavy (non-hydrogen) atoms. The lowest BCUT2D eigenvalue weighted by atomic mass is 9.88. The van der Waals surface area contributed by atoms with Crippen molar-refractivity contribution < 1.29 is 9.59 Å². The van der Waals surface area contributed by atoms with Gasteiger partial charge in [0.25, 0.3) is 5.91 Å². The number of halogens is 1. The van der Waals surface area contributed by atoms with Gasteiger partial charge in [0.05, 0.1) is 10.6 Å².